The van der Waals surface area contributed by atoms with Gasteiger partial charge in [-0.1, -0.05) is 31.5 Å². The Hall–Kier alpha value is -1.35. The fraction of sp³-hybridized carbons (Fsp3) is 0.562. The monoisotopic (exact) mass is 257 g/mol. The number of hydrogen-bond donors (Lipinski definition) is 1. The molecule has 1 aromatic heterocycles. The van der Waals surface area contributed by atoms with Crippen LogP contribution in [0, 0.1) is 5.92 Å². The largest absolute Gasteiger partial charge is 0.314 e. The Morgan fingerprint density at radius 1 is 1.32 bits per heavy atom. The highest BCUT2D eigenvalue weighted by Gasteiger charge is 2.27. The molecule has 1 heterocycles. The highest BCUT2D eigenvalue weighted by atomic mass is 15.3. The number of hydrogen-bond acceptors (Lipinski definition) is 2. The van der Waals surface area contributed by atoms with Crippen LogP contribution >= 0.6 is 0 Å². The van der Waals surface area contributed by atoms with Crippen LogP contribution in [0.25, 0.3) is 10.9 Å². The van der Waals surface area contributed by atoms with Gasteiger partial charge in [0.15, 0.2) is 0 Å². The molecule has 0 saturated heterocycles. The van der Waals surface area contributed by atoms with Gasteiger partial charge in [0, 0.05) is 18.5 Å². The number of aryl methyl sites for hydroxylation is 1. The molecule has 2 aromatic rings. The summed E-state index contributed by atoms with van der Waals surface area (Å²) in [5.41, 5.74) is 2.52. The molecular weight excluding hydrogens is 234 g/mol. The molecule has 1 fully saturated rings. The summed E-state index contributed by atoms with van der Waals surface area (Å²) in [5.74, 6) is 0.748. The van der Waals surface area contributed by atoms with Crippen molar-refractivity contribution >= 4 is 10.9 Å². The summed E-state index contributed by atoms with van der Waals surface area (Å²) < 4.78 is 2.02. The van der Waals surface area contributed by atoms with Crippen LogP contribution in [0.3, 0.4) is 0 Å². The summed E-state index contributed by atoms with van der Waals surface area (Å²) in [4.78, 5) is 0. The van der Waals surface area contributed by atoms with E-state index in [4.69, 9.17) is 5.10 Å². The van der Waals surface area contributed by atoms with Crippen molar-refractivity contribution in [3.8, 4) is 0 Å². The van der Waals surface area contributed by atoms with E-state index in [2.05, 4.69) is 36.5 Å². The van der Waals surface area contributed by atoms with Crippen LogP contribution in [0.2, 0.25) is 0 Å². The average Bonchev–Trinajstić information content (AvgIpc) is 2.98. The summed E-state index contributed by atoms with van der Waals surface area (Å²) in [7, 11) is 2.04. The van der Waals surface area contributed by atoms with Gasteiger partial charge in [-0.15, -0.1) is 0 Å². The molecule has 1 N–H and O–H groups in total. The van der Waals surface area contributed by atoms with Crippen LogP contribution in [0.5, 0.6) is 0 Å². The summed E-state index contributed by atoms with van der Waals surface area (Å²) >= 11 is 0. The average molecular weight is 257 g/mol. The van der Waals surface area contributed by atoms with E-state index in [1.54, 1.807) is 0 Å². The first-order valence-corrected chi connectivity index (χ1v) is 7.43. The molecular formula is C16H23N3. The minimum absolute atomic E-state index is 0.686. The van der Waals surface area contributed by atoms with E-state index in [9.17, 15) is 0 Å². The number of rotatable bonds is 4. The third-order valence-electron chi connectivity index (χ3n) is 4.42. The smallest absolute Gasteiger partial charge is 0.0706 e. The number of nitrogens with zero attached hydrogens (tertiary/aromatic N) is 2. The fourth-order valence-corrected chi connectivity index (χ4v) is 3.50. The molecule has 0 spiro atoms. The van der Waals surface area contributed by atoms with Crippen molar-refractivity contribution < 1.29 is 0 Å². The van der Waals surface area contributed by atoms with E-state index in [1.165, 1.54) is 35.9 Å². The van der Waals surface area contributed by atoms with Crippen molar-refractivity contribution in [2.45, 2.75) is 38.6 Å². The van der Waals surface area contributed by atoms with E-state index >= 15 is 0 Å². The number of fused-ring (bicyclic) bond motifs is 1. The maximum absolute atomic E-state index is 4.74. The van der Waals surface area contributed by atoms with Crippen molar-refractivity contribution in [3.05, 3.63) is 30.0 Å². The lowest BCUT2D eigenvalue weighted by atomic mass is 9.96. The van der Waals surface area contributed by atoms with Crippen LogP contribution in [0.15, 0.2) is 24.3 Å². The highest BCUT2D eigenvalue weighted by Crippen LogP contribution is 2.30. The molecule has 102 valence electrons. The molecule has 1 saturated carbocycles. The Morgan fingerprint density at radius 3 is 3.00 bits per heavy atom. The molecule has 1 aliphatic rings. The normalized spacial score (nSPS) is 23.3. The summed E-state index contributed by atoms with van der Waals surface area (Å²) in [6.45, 7) is 3.27. The van der Waals surface area contributed by atoms with Gasteiger partial charge in [-0.05, 0) is 37.8 Å². The Morgan fingerprint density at radius 2 is 2.16 bits per heavy atom. The van der Waals surface area contributed by atoms with Crippen molar-refractivity contribution in [3.63, 3.8) is 0 Å². The van der Waals surface area contributed by atoms with Gasteiger partial charge in [0.05, 0.1) is 11.2 Å². The van der Waals surface area contributed by atoms with Gasteiger partial charge in [-0.25, -0.2) is 0 Å². The number of benzene rings is 1. The lowest BCUT2D eigenvalue weighted by Crippen LogP contribution is -2.33. The Bertz CT molecular complexity index is 558. The molecule has 3 rings (SSSR count). The Balaban J connectivity index is 1.85. The topological polar surface area (TPSA) is 29.9 Å². The Kier molecular flexibility index (Phi) is 3.56. The lowest BCUT2D eigenvalue weighted by molar-refractivity contribution is 0.403. The number of para-hydroxylation sites is 1. The first-order chi connectivity index (χ1) is 9.29. The second kappa shape index (κ2) is 5.33. The number of aromatic nitrogens is 2. The molecule has 19 heavy (non-hydrogen) atoms. The van der Waals surface area contributed by atoms with E-state index in [0.29, 0.717) is 6.04 Å². The highest BCUT2D eigenvalue weighted by molar-refractivity contribution is 5.81. The zero-order chi connectivity index (χ0) is 13.2. The minimum Gasteiger partial charge on any atom is -0.314 e. The quantitative estimate of drug-likeness (QED) is 0.912. The van der Waals surface area contributed by atoms with Crippen molar-refractivity contribution in [2.24, 2.45) is 13.0 Å². The van der Waals surface area contributed by atoms with E-state index < -0.39 is 0 Å². The van der Waals surface area contributed by atoms with E-state index in [-0.39, 0.29) is 0 Å². The van der Waals surface area contributed by atoms with Crippen molar-refractivity contribution in [2.75, 3.05) is 6.54 Å². The predicted octanol–water partition coefficient (Wildman–Crippen LogP) is 2.89. The standard InChI is InChI=1S/C16H23N3/c1-3-17-14-9-6-7-12(14)11-15-13-8-4-5-10-16(13)19(2)18-15/h4-5,8,10,12,14,17H,3,6-7,9,11H2,1-2H3. The van der Waals surface area contributed by atoms with Crippen LogP contribution in [0.4, 0.5) is 0 Å². The Labute approximate surface area is 115 Å². The molecule has 0 bridgehead atoms. The molecule has 0 radical (unpaired) electrons. The van der Waals surface area contributed by atoms with Gasteiger partial charge in [-0.2, -0.15) is 5.10 Å². The minimum atomic E-state index is 0.686. The molecule has 2 atom stereocenters. The molecule has 0 amide bonds. The first-order valence-electron chi connectivity index (χ1n) is 7.43. The third-order valence-corrected chi connectivity index (χ3v) is 4.42. The first kappa shape index (κ1) is 12.7. The summed E-state index contributed by atoms with van der Waals surface area (Å²) in [5, 5.41) is 9.70. The summed E-state index contributed by atoms with van der Waals surface area (Å²) in [6.07, 6.45) is 5.12. The van der Waals surface area contributed by atoms with Gasteiger partial charge in [0.2, 0.25) is 0 Å². The van der Waals surface area contributed by atoms with E-state index in [0.717, 1.165) is 18.9 Å². The van der Waals surface area contributed by atoms with Crippen LogP contribution in [0.1, 0.15) is 31.9 Å². The van der Waals surface area contributed by atoms with Gasteiger partial charge < -0.3 is 5.32 Å². The van der Waals surface area contributed by atoms with Crippen LogP contribution in [-0.2, 0) is 13.5 Å². The third kappa shape index (κ3) is 2.39. The van der Waals surface area contributed by atoms with E-state index in [1.807, 2.05) is 11.7 Å². The summed E-state index contributed by atoms with van der Waals surface area (Å²) in [6, 6.07) is 9.25. The lowest BCUT2D eigenvalue weighted by Gasteiger charge is -2.19. The predicted molar refractivity (Wildman–Crippen MR) is 79.2 cm³/mol. The zero-order valence-corrected chi connectivity index (χ0v) is 11.9. The van der Waals surface area contributed by atoms with Crippen molar-refractivity contribution in [1.29, 1.82) is 0 Å². The molecule has 1 aliphatic carbocycles. The van der Waals surface area contributed by atoms with Gasteiger partial charge in [0.25, 0.3) is 0 Å². The molecule has 0 aliphatic heterocycles. The molecule has 3 heteroatoms. The maximum atomic E-state index is 4.74. The molecule has 3 nitrogen and oxygen atoms in total. The zero-order valence-electron chi connectivity index (χ0n) is 11.9. The fourth-order valence-electron chi connectivity index (χ4n) is 3.50. The van der Waals surface area contributed by atoms with Crippen LogP contribution in [-0.4, -0.2) is 22.4 Å². The number of nitrogens with one attached hydrogen (secondary N) is 1. The molecule has 1 aromatic carbocycles. The van der Waals surface area contributed by atoms with Crippen molar-refractivity contribution in [1.82, 2.24) is 15.1 Å². The maximum Gasteiger partial charge on any atom is 0.0706 e. The van der Waals surface area contributed by atoms with Gasteiger partial charge in [-0.3, -0.25) is 4.68 Å². The second-order valence-electron chi connectivity index (χ2n) is 5.65. The molecule has 2 unspecified atom stereocenters. The van der Waals surface area contributed by atoms with Gasteiger partial charge in [0.1, 0.15) is 0 Å². The second-order valence-corrected chi connectivity index (χ2v) is 5.65. The van der Waals surface area contributed by atoms with Crippen LogP contribution < -0.4 is 5.32 Å². The SMILES string of the molecule is CCNC1CCCC1Cc1nn(C)c2ccccc12. The van der Waals surface area contributed by atoms with Gasteiger partial charge >= 0.3 is 0 Å².